The highest BCUT2D eigenvalue weighted by Crippen LogP contribution is 2.19. The van der Waals surface area contributed by atoms with Gasteiger partial charge in [0.1, 0.15) is 6.54 Å². The molecule has 0 aliphatic carbocycles. The average molecular weight is 359 g/mol. The lowest BCUT2D eigenvalue weighted by molar-refractivity contribution is -0.123. The Morgan fingerprint density at radius 1 is 1.08 bits per heavy atom. The normalized spacial score (nSPS) is 10.4. The summed E-state index contributed by atoms with van der Waals surface area (Å²) in [4.78, 5) is 25.6. The maximum atomic E-state index is 12.2. The van der Waals surface area contributed by atoms with Gasteiger partial charge in [-0.15, -0.1) is 0 Å². The lowest BCUT2D eigenvalue weighted by atomic mass is 10.1. The average Bonchev–Trinajstić information content (AvgIpc) is 2.55. The topological polar surface area (TPSA) is 49.4 Å². The largest absolute Gasteiger partial charge is 0.354 e. The SMILES string of the molecule is CC(=O)N(CC(=O)NCCc1cccc(Cl)c1)c1ccc(C)c(C)c1. The molecule has 2 rings (SSSR count). The van der Waals surface area contributed by atoms with Crippen LogP contribution in [-0.2, 0) is 16.0 Å². The van der Waals surface area contributed by atoms with Crippen molar-refractivity contribution in [2.45, 2.75) is 27.2 Å². The van der Waals surface area contributed by atoms with Gasteiger partial charge in [0.25, 0.3) is 0 Å². The Labute approximate surface area is 153 Å². The zero-order valence-corrected chi connectivity index (χ0v) is 15.6. The van der Waals surface area contributed by atoms with E-state index in [1.165, 1.54) is 11.8 Å². The van der Waals surface area contributed by atoms with Crippen molar-refractivity contribution in [1.82, 2.24) is 5.32 Å². The van der Waals surface area contributed by atoms with Gasteiger partial charge in [0, 0.05) is 24.2 Å². The van der Waals surface area contributed by atoms with Crippen LogP contribution in [0.2, 0.25) is 5.02 Å². The van der Waals surface area contributed by atoms with Crippen molar-refractivity contribution in [2.75, 3.05) is 18.0 Å². The van der Waals surface area contributed by atoms with Crippen LogP contribution in [0.3, 0.4) is 0 Å². The van der Waals surface area contributed by atoms with Crippen LogP contribution in [0.1, 0.15) is 23.6 Å². The first kappa shape index (κ1) is 19.0. The third kappa shape index (κ3) is 5.61. The van der Waals surface area contributed by atoms with E-state index in [0.29, 0.717) is 18.0 Å². The third-order valence-electron chi connectivity index (χ3n) is 4.11. The van der Waals surface area contributed by atoms with Crippen LogP contribution in [-0.4, -0.2) is 24.9 Å². The molecule has 2 amide bonds. The van der Waals surface area contributed by atoms with E-state index in [1.807, 2.05) is 56.3 Å². The molecule has 0 radical (unpaired) electrons. The summed E-state index contributed by atoms with van der Waals surface area (Å²) in [5, 5.41) is 3.54. The minimum absolute atomic E-state index is 0.00732. The minimum atomic E-state index is -0.185. The molecule has 25 heavy (non-hydrogen) atoms. The third-order valence-corrected chi connectivity index (χ3v) is 4.34. The zero-order chi connectivity index (χ0) is 18.4. The molecule has 0 saturated carbocycles. The van der Waals surface area contributed by atoms with Crippen LogP contribution in [0.15, 0.2) is 42.5 Å². The van der Waals surface area contributed by atoms with Crippen LogP contribution in [0.4, 0.5) is 5.69 Å². The fourth-order valence-corrected chi connectivity index (χ4v) is 2.73. The summed E-state index contributed by atoms with van der Waals surface area (Å²) < 4.78 is 0. The Hall–Kier alpha value is -2.33. The van der Waals surface area contributed by atoms with Gasteiger partial charge in [-0.05, 0) is 61.2 Å². The Morgan fingerprint density at radius 3 is 2.48 bits per heavy atom. The Kier molecular flexibility index (Phi) is 6.59. The van der Waals surface area contributed by atoms with E-state index in [0.717, 1.165) is 22.4 Å². The van der Waals surface area contributed by atoms with Crippen molar-refractivity contribution >= 4 is 29.1 Å². The predicted molar refractivity (Wildman–Crippen MR) is 102 cm³/mol. The van der Waals surface area contributed by atoms with Crippen LogP contribution < -0.4 is 10.2 Å². The number of nitrogens with one attached hydrogen (secondary N) is 1. The highest BCUT2D eigenvalue weighted by Gasteiger charge is 2.16. The maximum absolute atomic E-state index is 12.2. The molecule has 5 heteroatoms. The zero-order valence-electron chi connectivity index (χ0n) is 14.8. The van der Waals surface area contributed by atoms with Crippen molar-refractivity contribution < 1.29 is 9.59 Å². The number of halogens is 1. The van der Waals surface area contributed by atoms with E-state index in [1.54, 1.807) is 0 Å². The summed E-state index contributed by atoms with van der Waals surface area (Å²) in [6, 6.07) is 13.3. The summed E-state index contributed by atoms with van der Waals surface area (Å²) in [7, 11) is 0. The van der Waals surface area contributed by atoms with E-state index in [9.17, 15) is 9.59 Å². The van der Waals surface area contributed by atoms with E-state index in [4.69, 9.17) is 11.6 Å². The van der Waals surface area contributed by atoms with Crippen molar-refractivity contribution in [1.29, 1.82) is 0 Å². The molecule has 0 aliphatic heterocycles. The molecule has 0 spiro atoms. The summed E-state index contributed by atoms with van der Waals surface area (Å²) in [6.45, 7) is 5.97. The summed E-state index contributed by atoms with van der Waals surface area (Å²) in [5.41, 5.74) is 4.04. The molecule has 0 aromatic heterocycles. The smallest absolute Gasteiger partial charge is 0.240 e. The number of benzene rings is 2. The van der Waals surface area contributed by atoms with E-state index >= 15 is 0 Å². The minimum Gasteiger partial charge on any atom is -0.354 e. The molecule has 0 unspecified atom stereocenters. The second-order valence-electron chi connectivity index (χ2n) is 6.10. The van der Waals surface area contributed by atoms with Gasteiger partial charge in [0.05, 0.1) is 0 Å². The number of aryl methyl sites for hydroxylation is 2. The molecule has 132 valence electrons. The quantitative estimate of drug-likeness (QED) is 0.856. The number of carbonyl (C=O) groups excluding carboxylic acids is 2. The van der Waals surface area contributed by atoms with Crippen molar-refractivity contribution in [3.05, 3.63) is 64.2 Å². The van der Waals surface area contributed by atoms with Gasteiger partial charge in [-0.3, -0.25) is 9.59 Å². The van der Waals surface area contributed by atoms with Crippen LogP contribution >= 0.6 is 11.6 Å². The standard InChI is InChI=1S/C20H23ClN2O2/c1-14-7-8-19(11-15(14)2)23(16(3)24)13-20(25)22-10-9-17-5-4-6-18(21)12-17/h4-8,11-12H,9-10,13H2,1-3H3,(H,22,25). The predicted octanol–water partition coefficient (Wildman–Crippen LogP) is 3.67. The number of rotatable bonds is 6. The maximum Gasteiger partial charge on any atom is 0.240 e. The van der Waals surface area contributed by atoms with E-state index < -0.39 is 0 Å². The van der Waals surface area contributed by atoms with Gasteiger partial charge < -0.3 is 10.2 Å². The summed E-state index contributed by atoms with van der Waals surface area (Å²) in [5.74, 6) is -0.344. The molecule has 2 aromatic carbocycles. The molecule has 2 aromatic rings. The molecule has 0 bridgehead atoms. The lowest BCUT2D eigenvalue weighted by Gasteiger charge is -2.21. The van der Waals surface area contributed by atoms with Gasteiger partial charge in [-0.2, -0.15) is 0 Å². The number of amides is 2. The molecule has 0 aliphatic rings. The molecular weight excluding hydrogens is 336 g/mol. The fourth-order valence-electron chi connectivity index (χ4n) is 2.52. The van der Waals surface area contributed by atoms with Gasteiger partial charge in [-0.25, -0.2) is 0 Å². The number of hydrogen-bond acceptors (Lipinski definition) is 2. The first-order chi connectivity index (χ1) is 11.9. The highest BCUT2D eigenvalue weighted by molar-refractivity contribution is 6.30. The van der Waals surface area contributed by atoms with Crippen LogP contribution in [0.25, 0.3) is 0 Å². The molecule has 0 saturated heterocycles. The molecular formula is C20H23ClN2O2. The van der Waals surface area contributed by atoms with Crippen molar-refractivity contribution in [3.8, 4) is 0 Å². The second kappa shape index (κ2) is 8.67. The highest BCUT2D eigenvalue weighted by atomic mass is 35.5. The number of anilines is 1. The van der Waals surface area contributed by atoms with Crippen LogP contribution in [0.5, 0.6) is 0 Å². The van der Waals surface area contributed by atoms with Gasteiger partial charge in [0.2, 0.25) is 11.8 Å². The fraction of sp³-hybridized carbons (Fsp3) is 0.300. The summed E-state index contributed by atoms with van der Waals surface area (Å²) in [6.07, 6.45) is 0.690. The van der Waals surface area contributed by atoms with Gasteiger partial charge in [-0.1, -0.05) is 29.8 Å². The second-order valence-corrected chi connectivity index (χ2v) is 6.54. The number of nitrogens with zero attached hydrogens (tertiary/aromatic N) is 1. The Morgan fingerprint density at radius 2 is 1.84 bits per heavy atom. The monoisotopic (exact) mass is 358 g/mol. The molecule has 0 heterocycles. The molecule has 0 fully saturated rings. The first-order valence-corrected chi connectivity index (χ1v) is 8.61. The molecule has 1 N–H and O–H groups in total. The van der Waals surface area contributed by atoms with Gasteiger partial charge >= 0.3 is 0 Å². The van der Waals surface area contributed by atoms with Crippen LogP contribution in [0, 0.1) is 13.8 Å². The number of carbonyl (C=O) groups is 2. The first-order valence-electron chi connectivity index (χ1n) is 8.23. The van der Waals surface area contributed by atoms with Crippen molar-refractivity contribution in [3.63, 3.8) is 0 Å². The molecule has 0 atom stereocenters. The summed E-state index contributed by atoms with van der Waals surface area (Å²) >= 11 is 5.95. The van der Waals surface area contributed by atoms with E-state index in [2.05, 4.69) is 5.32 Å². The molecule has 4 nitrogen and oxygen atoms in total. The van der Waals surface area contributed by atoms with Gasteiger partial charge in [0.15, 0.2) is 0 Å². The number of hydrogen-bond donors (Lipinski definition) is 1. The van der Waals surface area contributed by atoms with Crippen molar-refractivity contribution in [2.24, 2.45) is 0 Å². The Balaban J connectivity index is 1.93. The van der Waals surface area contributed by atoms with E-state index in [-0.39, 0.29) is 18.4 Å². The Bertz CT molecular complexity index is 774. The lowest BCUT2D eigenvalue weighted by Crippen LogP contribution is -2.40.